The summed E-state index contributed by atoms with van der Waals surface area (Å²) in [6, 6.07) is 5.60. The number of nitrogens with zero attached hydrogens (tertiary/aromatic N) is 1. The zero-order chi connectivity index (χ0) is 17.3. The SMILES string of the molecule is CCCN(C(=O)C1(c2cccc(F)c2)CC1)[C@@H]1COC[C@@H](O)[C@H]1O. The molecule has 24 heavy (non-hydrogen) atoms. The molecule has 1 heterocycles. The van der Waals surface area contributed by atoms with Crippen LogP contribution in [0, 0.1) is 5.82 Å². The standard InChI is InChI=1S/C18H24FNO4/c1-2-8-20(14-10-24-11-15(21)16(14)22)17(23)18(6-7-18)12-4-3-5-13(19)9-12/h3-5,9,14-16,21-22H,2,6-8,10-11H2,1H3/t14-,15-,16+/m1/s1. The maximum absolute atomic E-state index is 13.6. The Labute approximate surface area is 141 Å². The van der Waals surface area contributed by atoms with E-state index in [4.69, 9.17) is 4.74 Å². The van der Waals surface area contributed by atoms with Crippen molar-refractivity contribution in [1.82, 2.24) is 4.90 Å². The van der Waals surface area contributed by atoms with Crippen molar-refractivity contribution in [3.63, 3.8) is 0 Å². The van der Waals surface area contributed by atoms with Gasteiger partial charge in [-0.25, -0.2) is 4.39 Å². The lowest BCUT2D eigenvalue weighted by Crippen LogP contribution is -2.59. The van der Waals surface area contributed by atoms with Crippen molar-refractivity contribution in [2.45, 2.75) is 49.9 Å². The maximum atomic E-state index is 13.6. The number of halogens is 1. The van der Waals surface area contributed by atoms with Crippen LogP contribution in [-0.2, 0) is 14.9 Å². The van der Waals surface area contributed by atoms with Crippen LogP contribution in [0.1, 0.15) is 31.7 Å². The Hall–Kier alpha value is -1.50. The minimum atomic E-state index is -1.03. The molecule has 2 N–H and O–H groups in total. The fraction of sp³-hybridized carbons (Fsp3) is 0.611. The van der Waals surface area contributed by atoms with Gasteiger partial charge in [0.1, 0.15) is 18.0 Å². The summed E-state index contributed by atoms with van der Waals surface area (Å²) in [6.07, 6.45) is 0.0334. The Morgan fingerprint density at radius 3 is 2.75 bits per heavy atom. The third kappa shape index (κ3) is 3.06. The number of aliphatic hydroxyl groups excluding tert-OH is 2. The lowest BCUT2D eigenvalue weighted by molar-refractivity contribution is -0.158. The van der Waals surface area contributed by atoms with E-state index in [0.29, 0.717) is 24.9 Å². The van der Waals surface area contributed by atoms with E-state index in [2.05, 4.69) is 0 Å². The van der Waals surface area contributed by atoms with Gasteiger partial charge in [-0.3, -0.25) is 4.79 Å². The molecule has 3 rings (SSSR count). The number of benzene rings is 1. The summed E-state index contributed by atoms with van der Waals surface area (Å²) in [5, 5.41) is 20.2. The van der Waals surface area contributed by atoms with Crippen LogP contribution in [0.2, 0.25) is 0 Å². The van der Waals surface area contributed by atoms with Gasteiger partial charge in [-0.2, -0.15) is 0 Å². The highest BCUT2D eigenvalue weighted by atomic mass is 19.1. The van der Waals surface area contributed by atoms with Gasteiger partial charge in [-0.1, -0.05) is 19.1 Å². The largest absolute Gasteiger partial charge is 0.388 e. The topological polar surface area (TPSA) is 70.0 Å². The summed E-state index contributed by atoms with van der Waals surface area (Å²) in [4.78, 5) is 14.9. The van der Waals surface area contributed by atoms with Crippen LogP contribution in [0.15, 0.2) is 24.3 Å². The van der Waals surface area contributed by atoms with E-state index in [1.807, 2.05) is 6.92 Å². The number of carbonyl (C=O) groups is 1. The lowest BCUT2D eigenvalue weighted by atomic mass is 9.92. The average molecular weight is 337 g/mol. The second-order valence-corrected chi connectivity index (χ2v) is 6.75. The predicted molar refractivity (Wildman–Crippen MR) is 85.9 cm³/mol. The molecule has 1 aliphatic carbocycles. The normalized spacial score (nSPS) is 28.4. The number of amides is 1. The van der Waals surface area contributed by atoms with Gasteiger partial charge in [-0.05, 0) is 37.0 Å². The number of carbonyl (C=O) groups excluding carboxylic acids is 1. The number of rotatable bonds is 5. The van der Waals surface area contributed by atoms with Crippen molar-refractivity contribution in [2.75, 3.05) is 19.8 Å². The molecule has 1 amide bonds. The van der Waals surface area contributed by atoms with E-state index in [0.717, 1.165) is 6.42 Å². The summed E-state index contributed by atoms with van der Waals surface area (Å²) in [7, 11) is 0. The second-order valence-electron chi connectivity index (χ2n) is 6.75. The first-order valence-electron chi connectivity index (χ1n) is 8.50. The summed E-state index contributed by atoms with van der Waals surface area (Å²) < 4.78 is 18.9. The van der Waals surface area contributed by atoms with E-state index in [1.165, 1.54) is 12.1 Å². The van der Waals surface area contributed by atoms with Crippen LogP contribution < -0.4 is 0 Å². The van der Waals surface area contributed by atoms with Gasteiger partial charge in [0.2, 0.25) is 5.91 Å². The summed E-state index contributed by atoms with van der Waals surface area (Å²) in [5.41, 5.74) is -0.0280. The van der Waals surface area contributed by atoms with Crippen molar-refractivity contribution in [3.8, 4) is 0 Å². The van der Waals surface area contributed by atoms with Crippen molar-refractivity contribution < 1.29 is 24.1 Å². The first kappa shape index (κ1) is 17.3. The Morgan fingerprint density at radius 2 is 2.12 bits per heavy atom. The van der Waals surface area contributed by atoms with Crippen molar-refractivity contribution in [3.05, 3.63) is 35.6 Å². The van der Waals surface area contributed by atoms with Crippen molar-refractivity contribution >= 4 is 5.91 Å². The first-order valence-corrected chi connectivity index (χ1v) is 8.50. The van der Waals surface area contributed by atoms with Gasteiger partial charge in [-0.15, -0.1) is 0 Å². The van der Waals surface area contributed by atoms with Crippen LogP contribution in [0.4, 0.5) is 4.39 Å². The Bertz CT molecular complexity index is 604. The molecule has 1 saturated carbocycles. The molecule has 0 aromatic heterocycles. The monoisotopic (exact) mass is 337 g/mol. The summed E-state index contributed by atoms with van der Waals surface area (Å²) in [5.74, 6) is -0.471. The second kappa shape index (κ2) is 6.78. The van der Waals surface area contributed by atoms with Crippen molar-refractivity contribution in [2.24, 2.45) is 0 Å². The molecule has 2 aliphatic rings. The number of hydrogen-bond acceptors (Lipinski definition) is 4. The molecule has 0 spiro atoms. The minimum Gasteiger partial charge on any atom is -0.388 e. The van der Waals surface area contributed by atoms with Crippen LogP contribution in [0.5, 0.6) is 0 Å². The molecule has 1 aromatic carbocycles. The molecule has 0 bridgehead atoms. The lowest BCUT2D eigenvalue weighted by Gasteiger charge is -2.41. The highest BCUT2D eigenvalue weighted by molar-refractivity contribution is 5.91. The Balaban J connectivity index is 1.87. The molecule has 6 heteroatoms. The molecule has 1 saturated heterocycles. The zero-order valence-corrected chi connectivity index (χ0v) is 13.8. The molecule has 1 aliphatic heterocycles. The molecule has 0 radical (unpaired) electrons. The Kier molecular flexibility index (Phi) is 4.90. The van der Waals surface area contributed by atoms with E-state index >= 15 is 0 Å². The molecular formula is C18H24FNO4. The van der Waals surface area contributed by atoms with E-state index in [9.17, 15) is 19.4 Å². The fourth-order valence-electron chi connectivity index (χ4n) is 3.51. The van der Waals surface area contributed by atoms with Crippen molar-refractivity contribution in [1.29, 1.82) is 0 Å². The highest BCUT2D eigenvalue weighted by Gasteiger charge is 2.54. The maximum Gasteiger partial charge on any atom is 0.233 e. The van der Waals surface area contributed by atoms with Gasteiger partial charge < -0.3 is 19.8 Å². The van der Waals surface area contributed by atoms with Crippen LogP contribution in [-0.4, -0.2) is 59.0 Å². The molecule has 5 nitrogen and oxygen atoms in total. The van der Waals surface area contributed by atoms with Gasteiger partial charge in [0.15, 0.2) is 0 Å². The van der Waals surface area contributed by atoms with Crippen LogP contribution in [0.3, 0.4) is 0 Å². The van der Waals surface area contributed by atoms with Gasteiger partial charge in [0, 0.05) is 6.54 Å². The summed E-state index contributed by atoms with van der Waals surface area (Å²) in [6.45, 7) is 2.69. The van der Waals surface area contributed by atoms with Crippen LogP contribution in [0.25, 0.3) is 0 Å². The molecule has 132 valence electrons. The van der Waals surface area contributed by atoms with Gasteiger partial charge in [0.05, 0.1) is 24.7 Å². The fourth-order valence-corrected chi connectivity index (χ4v) is 3.51. The van der Waals surface area contributed by atoms with Gasteiger partial charge in [0.25, 0.3) is 0 Å². The zero-order valence-electron chi connectivity index (χ0n) is 13.8. The summed E-state index contributed by atoms with van der Waals surface area (Å²) >= 11 is 0. The highest BCUT2D eigenvalue weighted by Crippen LogP contribution is 2.50. The van der Waals surface area contributed by atoms with E-state index in [-0.39, 0.29) is 24.9 Å². The molecule has 2 fully saturated rings. The molecule has 1 aromatic rings. The first-order chi connectivity index (χ1) is 11.5. The van der Waals surface area contributed by atoms with E-state index < -0.39 is 23.7 Å². The minimum absolute atomic E-state index is 0.0703. The van der Waals surface area contributed by atoms with E-state index in [1.54, 1.807) is 17.0 Å². The number of aliphatic hydroxyl groups is 2. The average Bonchev–Trinajstić information content (AvgIpc) is 3.37. The predicted octanol–water partition coefficient (Wildman–Crippen LogP) is 1.22. The molecule has 3 atom stereocenters. The quantitative estimate of drug-likeness (QED) is 0.848. The van der Waals surface area contributed by atoms with Gasteiger partial charge >= 0.3 is 0 Å². The molecular weight excluding hydrogens is 313 g/mol. The third-order valence-corrected chi connectivity index (χ3v) is 5.03. The number of hydrogen-bond donors (Lipinski definition) is 2. The third-order valence-electron chi connectivity index (χ3n) is 5.03. The van der Waals surface area contributed by atoms with Crippen LogP contribution >= 0.6 is 0 Å². The molecule has 0 unspecified atom stereocenters. The Morgan fingerprint density at radius 1 is 1.38 bits per heavy atom. The smallest absolute Gasteiger partial charge is 0.233 e. The number of ether oxygens (including phenoxy) is 1.